The molecule has 1 aliphatic carbocycles. The van der Waals surface area contributed by atoms with Crippen molar-refractivity contribution in [1.29, 1.82) is 0 Å². The van der Waals surface area contributed by atoms with E-state index in [1.54, 1.807) is 0 Å². The predicted molar refractivity (Wildman–Crippen MR) is 57.3 cm³/mol. The molecule has 0 aromatic carbocycles. The molecule has 0 radical (unpaired) electrons. The Morgan fingerprint density at radius 1 is 1.21 bits per heavy atom. The summed E-state index contributed by atoms with van der Waals surface area (Å²) in [5, 5.41) is 3.41. The lowest BCUT2D eigenvalue weighted by Gasteiger charge is -2.18. The third-order valence-electron chi connectivity index (χ3n) is 2.67. The summed E-state index contributed by atoms with van der Waals surface area (Å²) >= 11 is 0. The quantitative estimate of drug-likeness (QED) is 0.607. The largest absolute Gasteiger partial charge is 0.352 e. The lowest BCUT2D eigenvalue weighted by Crippen LogP contribution is -2.34. The zero-order valence-corrected chi connectivity index (χ0v) is 9.64. The van der Waals surface area contributed by atoms with Gasteiger partial charge in [-0.3, -0.25) is 0 Å². The van der Waals surface area contributed by atoms with Crippen LogP contribution in [0.4, 0.5) is 0 Å². The van der Waals surface area contributed by atoms with Crippen molar-refractivity contribution in [3.8, 4) is 0 Å². The Bertz CT molecular complexity index is 151. The third-order valence-corrected chi connectivity index (χ3v) is 2.67. The van der Waals surface area contributed by atoms with Crippen molar-refractivity contribution in [2.75, 3.05) is 26.3 Å². The fourth-order valence-electron chi connectivity index (χ4n) is 1.42. The normalized spacial score (nSPS) is 18.9. The van der Waals surface area contributed by atoms with Crippen LogP contribution in [-0.2, 0) is 9.47 Å². The van der Waals surface area contributed by atoms with Gasteiger partial charge in [-0.1, -0.05) is 6.92 Å². The molecule has 3 nitrogen and oxygen atoms in total. The summed E-state index contributed by atoms with van der Waals surface area (Å²) in [6, 6.07) is 0. The fourth-order valence-corrected chi connectivity index (χ4v) is 1.42. The molecule has 0 atom stereocenters. The van der Waals surface area contributed by atoms with E-state index in [0.717, 1.165) is 13.1 Å². The highest BCUT2D eigenvalue weighted by atomic mass is 16.7. The topological polar surface area (TPSA) is 30.5 Å². The summed E-state index contributed by atoms with van der Waals surface area (Å²) in [5.41, 5.74) is 0.559. The number of ether oxygens (including phenoxy) is 2. The molecule has 1 saturated carbocycles. The second kappa shape index (κ2) is 5.69. The maximum atomic E-state index is 5.43. The molecule has 0 aliphatic heterocycles. The Morgan fingerprint density at radius 3 is 2.21 bits per heavy atom. The molecule has 0 saturated heterocycles. The second-order valence-corrected chi connectivity index (χ2v) is 4.28. The van der Waals surface area contributed by atoms with E-state index in [2.05, 4.69) is 12.2 Å². The van der Waals surface area contributed by atoms with Gasteiger partial charge in [0.15, 0.2) is 6.29 Å². The van der Waals surface area contributed by atoms with Crippen molar-refractivity contribution in [2.45, 2.75) is 39.9 Å². The van der Waals surface area contributed by atoms with Gasteiger partial charge in [-0.15, -0.1) is 0 Å². The molecule has 0 amide bonds. The molecule has 0 bridgehead atoms. The van der Waals surface area contributed by atoms with E-state index in [1.165, 1.54) is 12.8 Å². The number of rotatable bonds is 8. The van der Waals surface area contributed by atoms with Gasteiger partial charge in [0.25, 0.3) is 0 Å². The zero-order valence-electron chi connectivity index (χ0n) is 9.64. The van der Waals surface area contributed by atoms with Crippen molar-refractivity contribution >= 4 is 0 Å². The van der Waals surface area contributed by atoms with Gasteiger partial charge in [0, 0.05) is 26.3 Å². The molecule has 1 N–H and O–H groups in total. The molecular formula is C11H23NO2. The predicted octanol–water partition coefficient (Wildman–Crippen LogP) is 1.78. The third kappa shape index (κ3) is 4.40. The summed E-state index contributed by atoms with van der Waals surface area (Å²) in [7, 11) is 0. The maximum Gasteiger partial charge on any atom is 0.169 e. The lowest BCUT2D eigenvalue weighted by molar-refractivity contribution is -0.133. The van der Waals surface area contributed by atoms with Crippen molar-refractivity contribution in [3.63, 3.8) is 0 Å². The standard InChI is InChI=1S/C11H23NO2/c1-4-13-10(14-5-2)8-12-9-11(3)6-7-11/h10,12H,4-9H2,1-3H3. The first-order valence-electron chi connectivity index (χ1n) is 5.64. The van der Waals surface area contributed by atoms with Crippen LogP contribution in [0.15, 0.2) is 0 Å². The molecular weight excluding hydrogens is 178 g/mol. The summed E-state index contributed by atoms with van der Waals surface area (Å²) in [6.07, 6.45) is 2.63. The van der Waals surface area contributed by atoms with Crippen LogP contribution in [-0.4, -0.2) is 32.6 Å². The Kier molecular flexibility index (Phi) is 4.85. The van der Waals surface area contributed by atoms with Gasteiger partial charge in [0.05, 0.1) is 0 Å². The monoisotopic (exact) mass is 201 g/mol. The number of hydrogen-bond donors (Lipinski definition) is 1. The van der Waals surface area contributed by atoms with Gasteiger partial charge in [-0.25, -0.2) is 0 Å². The summed E-state index contributed by atoms with van der Waals surface area (Å²) < 4.78 is 10.9. The van der Waals surface area contributed by atoms with Crippen molar-refractivity contribution in [1.82, 2.24) is 5.32 Å². The average Bonchev–Trinajstić information content (AvgIpc) is 2.85. The first-order chi connectivity index (χ1) is 6.70. The molecule has 3 heteroatoms. The molecule has 0 spiro atoms. The molecule has 1 rings (SSSR count). The minimum absolute atomic E-state index is 0.0765. The highest BCUT2D eigenvalue weighted by molar-refractivity contribution is 4.90. The lowest BCUT2D eigenvalue weighted by atomic mass is 10.1. The molecule has 1 aliphatic rings. The van der Waals surface area contributed by atoms with Crippen LogP contribution >= 0.6 is 0 Å². The Balaban J connectivity index is 2.05. The fraction of sp³-hybridized carbons (Fsp3) is 1.00. The van der Waals surface area contributed by atoms with E-state index >= 15 is 0 Å². The Morgan fingerprint density at radius 2 is 1.79 bits per heavy atom. The van der Waals surface area contributed by atoms with E-state index in [1.807, 2.05) is 13.8 Å². The molecule has 14 heavy (non-hydrogen) atoms. The van der Waals surface area contributed by atoms with E-state index in [-0.39, 0.29) is 6.29 Å². The molecule has 84 valence electrons. The van der Waals surface area contributed by atoms with Gasteiger partial charge in [-0.2, -0.15) is 0 Å². The Hall–Kier alpha value is -0.120. The first kappa shape index (κ1) is 12.0. The van der Waals surface area contributed by atoms with E-state index in [4.69, 9.17) is 9.47 Å². The van der Waals surface area contributed by atoms with E-state index < -0.39 is 0 Å². The minimum Gasteiger partial charge on any atom is -0.352 e. The van der Waals surface area contributed by atoms with Crippen LogP contribution in [0.2, 0.25) is 0 Å². The van der Waals surface area contributed by atoms with Crippen LogP contribution in [0.3, 0.4) is 0 Å². The Labute approximate surface area is 87.2 Å². The maximum absolute atomic E-state index is 5.43. The van der Waals surface area contributed by atoms with Crippen LogP contribution < -0.4 is 5.32 Å². The highest BCUT2D eigenvalue weighted by Crippen LogP contribution is 2.43. The van der Waals surface area contributed by atoms with Crippen molar-refractivity contribution in [3.05, 3.63) is 0 Å². The number of hydrogen-bond acceptors (Lipinski definition) is 3. The summed E-state index contributed by atoms with van der Waals surface area (Å²) in [6.45, 7) is 9.62. The van der Waals surface area contributed by atoms with Crippen molar-refractivity contribution in [2.24, 2.45) is 5.41 Å². The summed E-state index contributed by atoms with van der Waals surface area (Å²) in [5.74, 6) is 0. The van der Waals surface area contributed by atoms with Crippen LogP contribution in [0.25, 0.3) is 0 Å². The minimum atomic E-state index is -0.0765. The SMILES string of the molecule is CCOC(CNCC1(C)CC1)OCC. The molecule has 0 heterocycles. The van der Waals surface area contributed by atoms with Gasteiger partial charge in [0.1, 0.15) is 0 Å². The molecule has 0 unspecified atom stereocenters. The second-order valence-electron chi connectivity index (χ2n) is 4.28. The van der Waals surface area contributed by atoms with Gasteiger partial charge in [0.2, 0.25) is 0 Å². The van der Waals surface area contributed by atoms with Crippen molar-refractivity contribution < 1.29 is 9.47 Å². The average molecular weight is 201 g/mol. The van der Waals surface area contributed by atoms with E-state index in [0.29, 0.717) is 18.6 Å². The summed E-state index contributed by atoms with van der Waals surface area (Å²) in [4.78, 5) is 0. The molecule has 1 fully saturated rings. The van der Waals surface area contributed by atoms with E-state index in [9.17, 15) is 0 Å². The first-order valence-corrected chi connectivity index (χ1v) is 5.64. The van der Waals surface area contributed by atoms with Crippen LogP contribution in [0.1, 0.15) is 33.6 Å². The highest BCUT2D eigenvalue weighted by Gasteiger charge is 2.36. The zero-order chi connectivity index (χ0) is 10.4. The smallest absolute Gasteiger partial charge is 0.169 e. The van der Waals surface area contributed by atoms with Crippen LogP contribution in [0, 0.1) is 5.41 Å². The van der Waals surface area contributed by atoms with Gasteiger partial charge < -0.3 is 14.8 Å². The molecule has 0 aromatic heterocycles. The molecule has 0 aromatic rings. The van der Waals surface area contributed by atoms with Gasteiger partial charge >= 0.3 is 0 Å². The van der Waals surface area contributed by atoms with Gasteiger partial charge in [-0.05, 0) is 32.1 Å². The van der Waals surface area contributed by atoms with Crippen LogP contribution in [0.5, 0.6) is 0 Å². The number of nitrogens with one attached hydrogen (secondary N) is 1.